The van der Waals surface area contributed by atoms with Crippen molar-refractivity contribution < 1.29 is 4.74 Å². The van der Waals surface area contributed by atoms with Gasteiger partial charge in [0, 0.05) is 38.1 Å². The van der Waals surface area contributed by atoms with Gasteiger partial charge in [-0.3, -0.25) is 4.90 Å². The number of methoxy groups -OCH3 is 1. The Balaban J connectivity index is 1.17. The van der Waals surface area contributed by atoms with E-state index in [1.807, 2.05) is 12.1 Å². The van der Waals surface area contributed by atoms with E-state index in [1.54, 1.807) is 7.11 Å². The normalized spacial score (nSPS) is 14.8. The largest absolute Gasteiger partial charge is 0.495 e. The Hall–Kier alpha value is -2.79. The average Bonchev–Trinajstić information content (AvgIpc) is 2.79. The van der Waals surface area contributed by atoms with E-state index in [1.165, 1.54) is 23.1 Å². The fraction of sp³-hybridized carbons (Fsp3) is 0.400. The van der Waals surface area contributed by atoms with Gasteiger partial charge in [0.1, 0.15) is 11.6 Å². The third kappa shape index (κ3) is 5.03. The lowest BCUT2D eigenvalue weighted by Crippen LogP contribution is -2.46. The first-order valence-corrected chi connectivity index (χ1v) is 10.9. The molecule has 1 aliphatic rings. The standard InChI is InChI=1S/C25H32N4O/c1-20-9-11-22-21(19-20)10-12-25(27-22)26-13-5-6-14-28-15-17-29(18-16-28)23-7-3-4-8-24(23)30-2/h3-4,7-12,19H,5-6,13-18H2,1-2H3,(H,26,27). The molecule has 5 heteroatoms. The van der Waals surface area contributed by atoms with Gasteiger partial charge in [0.2, 0.25) is 0 Å². The van der Waals surface area contributed by atoms with E-state index < -0.39 is 0 Å². The number of nitrogens with zero attached hydrogens (tertiary/aromatic N) is 3. The summed E-state index contributed by atoms with van der Waals surface area (Å²) in [5.74, 6) is 1.94. The van der Waals surface area contributed by atoms with Crippen LogP contribution in [-0.4, -0.2) is 56.3 Å². The van der Waals surface area contributed by atoms with Gasteiger partial charge >= 0.3 is 0 Å². The third-order valence-corrected chi connectivity index (χ3v) is 5.85. The predicted molar refractivity (Wildman–Crippen MR) is 126 cm³/mol. The monoisotopic (exact) mass is 404 g/mol. The number of aromatic nitrogens is 1. The molecule has 1 aliphatic heterocycles. The van der Waals surface area contributed by atoms with Crippen molar-refractivity contribution in [2.45, 2.75) is 19.8 Å². The first-order chi connectivity index (χ1) is 14.7. The van der Waals surface area contributed by atoms with E-state index in [2.05, 4.69) is 64.5 Å². The molecule has 0 saturated carbocycles. The Morgan fingerprint density at radius 2 is 1.80 bits per heavy atom. The number of fused-ring (bicyclic) bond motifs is 1. The second-order valence-electron chi connectivity index (χ2n) is 8.03. The number of aryl methyl sites for hydroxylation is 1. The first kappa shape index (κ1) is 20.5. The molecule has 0 spiro atoms. The molecule has 158 valence electrons. The number of ether oxygens (including phenoxy) is 1. The molecule has 0 amide bonds. The molecule has 2 aromatic carbocycles. The summed E-state index contributed by atoms with van der Waals surface area (Å²) in [5.41, 5.74) is 3.54. The molecule has 5 nitrogen and oxygen atoms in total. The molecule has 2 heterocycles. The van der Waals surface area contributed by atoms with E-state index in [0.29, 0.717) is 0 Å². The topological polar surface area (TPSA) is 40.6 Å². The van der Waals surface area contributed by atoms with Gasteiger partial charge in [-0.2, -0.15) is 0 Å². The summed E-state index contributed by atoms with van der Waals surface area (Å²) in [7, 11) is 1.75. The van der Waals surface area contributed by atoms with Crippen molar-refractivity contribution in [3.8, 4) is 5.75 Å². The van der Waals surface area contributed by atoms with Gasteiger partial charge in [-0.25, -0.2) is 4.98 Å². The number of rotatable bonds is 8. The van der Waals surface area contributed by atoms with E-state index in [0.717, 1.165) is 62.8 Å². The van der Waals surface area contributed by atoms with Gasteiger partial charge in [-0.1, -0.05) is 23.8 Å². The van der Waals surface area contributed by atoms with Crippen molar-refractivity contribution in [1.82, 2.24) is 9.88 Å². The third-order valence-electron chi connectivity index (χ3n) is 5.85. The molecule has 1 N–H and O–H groups in total. The van der Waals surface area contributed by atoms with Crippen LogP contribution in [0.2, 0.25) is 0 Å². The van der Waals surface area contributed by atoms with E-state index in [-0.39, 0.29) is 0 Å². The van der Waals surface area contributed by atoms with Crippen molar-refractivity contribution in [1.29, 1.82) is 0 Å². The summed E-state index contributed by atoms with van der Waals surface area (Å²) in [6.45, 7) is 8.56. The SMILES string of the molecule is COc1ccccc1N1CCN(CCCCNc2ccc3cc(C)ccc3n2)CC1. The van der Waals surface area contributed by atoms with Gasteiger partial charge in [-0.05, 0) is 62.7 Å². The number of hydrogen-bond donors (Lipinski definition) is 1. The number of pyridine rings is 1. The number of benzene rings is 2. The molecule has 3 aromatic rings. The fourth-order valence-electron chi connectivity index (χ4n) is 4.12. The van der Waals surface area contributed by atoms with Crippen molar-refractivity contribution in [2.75, 3.05) is 56.6 Å². The van der Waals surface area contributed by atoms with Crippen LogP contribution in [0.25, 0.3) is 10.9 Å². The van der Waals surface area contributed by atoms with Crippen LogP contribution in [0.5, 0.6) is 5.75 Å². The highest BCUT2D eigenvalue weighted by atomic mass is 16.5. The molecule has 4 rings (SSSR count). The smallest absolute Gasteiger partial charge is 0.142 e. The number of piperazine rings is 1. The summed E-state index contributed by atoms with van der Waals surface area (Å²) in [5, 5.41) is 4.68. The first-order valence-electron chi connectivity index (χ1n) is 10.9. The maximum absolute atomic E-state index is 5.52. The van der Waals surface area contributed by atoms with Gasteiger partial charge in [-0.15, -0.1) is 0 Å². The van der Waals surface area contributed by atoms with Crippen molar-refractivity contribution in [2.24, 2.45) is 0 Å². The van der Waals surface area contributed by atoms with Gasteiger partial charge in [0.25, 0.3) is 0 Å². The molecule has 1 saturated heterocycles. The van der Waals surface area contributed by atoms with Gasteiger partial charge in [0.15, 0.2) is 0 Å². The van der Waals surface area contributed by atoms with Crippen LogP contribution >= 0.6 is 0 Å². The van der Waals surface area contributed by atoms with E-state index in [9.17, 15) is 0 Å². The van der Waals surface area contributed by atoms with Crippen LogP contribution < -0.4 is 15.0 Å². The van der Waals surface area contributed by atoms with Crippen molar-refractivity contribution >= 4 is 22.4 Å². The summed E-state index contributed by atoms with van der Waals surface area (Å²) >= 11 is 0. The highest BCUT2D eigenvalue weighted by molar-refractivity contribution is 5.80. The van der Waals surface area contributed by atoms with Crippen LogP contribution in [0.4, 0.5) is 11.5 Å². The number of anilines is 2. The molecule has 0 bridgehead atoms. The lowest BCUT2D eigenvalue weighted by Gasteiger charge is -2.36. The minimum absolute atomic E-state index is 0.964. The van der Waals surface area contributed by atoms with Gasteiger partial charge < -0.3 is 15.0 Å². The Morgan fingerprint density at radius 1 is 0.967 bits per heavy atom. The summed E-state index contributed by atoms with van der Waals surface area (Å²) in [6, 6.07) is 18.9. The van der Waals surface area contributed by atoms with Crippen LogP contribution in [0.15, 0.2) is 54.6 Å². The van der Waals surface area contributed by atoms with E-state index in [4.69, 9.17) is 9.72 Å². The fourth-order valence-corrected chi connectivity index (χ4v) is 4.12. The zero-order valence-corrected chi connectivity index (χ0v) is 18.1. The van der Waals surface area contributed by atoms with Crippen molar-refractivity contribution in [3.05, 3.63) is 60.2 Å². The second-order valence-corrected chi connectivity index (χ2v) is 8.03. The molecule has 0 aliphatic carbocycles. The number of para-hydroxylation sites is 2. The quantitative estimate of drug-likeness (QED) is 0.557. The summed E-state index contributed by atoms with van der Waals surface area (Å²) < 4.78 is 5.52. The highest BCUT2D eigenvalue weighted by Crippen LogP contribution is 2.28. The Morgan fingerprint density at radius 3 is 2.63 bits per heavy atom. The molecule has 1 aromatic heterocycles. The zero-order chi connectivity index (χ0) is 20.8. The average molecular weight is 405 g/mol. The zero-order valence-electron chi connectivity index (χ0n) is 18.1. The number of unbranched alkanes of at least 4 members (excludes halogenated alkanes) is 1. The lowest BCUT2D eigenvalue weighted by molar-refractivity contribution is 0.253. The summed E-state index contributed by atoms with van der Waals surface area (Å²) in [6.07, 6.45) is 2.36. The number of hydrogen-bond acceptors (Lipinski definition) is 5. The molecule has 0 radical (unpaired) electrons. The second kappa shape index (κ2) is 9.81. The van der Waals surface area contributed by atoms with Crippen LogP contribution in [-0.2, 0) is 0 Å². The maximum atomic E-state index is 5.52. The van der Waals surface area contributed by atoms with Crippen LogP contribution in [0.3, 0.4) is 0 Å². The van der Waals surface area contributed by atoms with Gasteiger partial charge in [0.05, 0.1) is 18.3 Å². The molecular formula is C25H32N4O. The molecular weight excluding hydrogens is 372 g/mol. The molecule has 0 atom stereocenters. The minimum atomic E-state index is 0.964. The van der Waals surface area contributed by atoms with Crippen LogP contribution in [0.1, 0.15) is 18.4 Å². The summed E-state index contributed by atoms with van der Waals surface area (Å²) in [4.78, 5) is 9.72. The van der Waals surface area contributed by atoms with E-state index >= 15 is 0 Å². The number of nitrogens with one attached hydrogen (secondary N) is 1. The predicted octanol–water partition coefficient (Wildman–Crippen LogP) is 4.57. The molecule has 30 heavy (non-hydrogen) atoms. The van der Waals surface area contributed by atoms with Crippen molar-refractivity contribution in [3.63, 3.8) is 0 Å². The highest BCUT2D eigenvalue weighted by Gasteiger charge is 2.18. The lowest BCUT2D eigenvalue weighted by atomic mass is 10.1. The maximum Gasteiger partial charge on any atom is 0.142 e. The molecule has 0 unspecified atom stereocenters. The Labute approximate surface area is 179 Å². The Bertz CT molecular complexity index is 966. The van der Waals surface area contributed by atoms with Crippen LogP contribution in [0, 0.1) is 6.92 Å². The Kier molecular flexibility index (Phi) is 6.70. The minimum Gasteiger partial charge on any atom is -0.495 e. The molecule has 1 fully saturated rings.